The highest BCUT2D eigenvalue weighted by atomic mass is 35.6. The molecule has 2 aromatic rings. The minimum absolute atomic E-state index is 0.0280. The van der Waals surface area contributed by atoms with E-state index in [1.807, 2.05) is 6.07 Å². The van der Waals surface area contributed by atoms with Gasteiger partial charge in [-0.2, -0.15) is 9.36 Å². The number of ether oxygens (including phenoxy) is 1. The molecule has 0 bridgehead atoms. The zero-order valence-electron chi connectivity index (χ0n) is 13.1. The fraction of sp³-hybridized carbons (Fsp3) is 0.467. The van der Waals surface area contributed by atoms with Crippen molar-refractivity contribution in [1.82, 2.24) is 14.3 Å². The van der Waals surface area contributed by atoms with E-state index in [2.05, 4.69) is 19.6 Å². The molecule has 0 spiro atoms. The van der Waals surface area contributed by atoms with Crippen molar-refractivity contribution in [2.24, 2.45) is 0 Å². The molecule has 136 valence electrons. The average molecular weight is 426 g/mol. The normalized spacial score (nSPS) is 17.4. The van der Waals surface area contributed by atoms with Crippen molar-refractivity contribution in [1.29, 1.82) is 0 Å². The van der Waals surface area contributed by atoms with Gasteiger partial charge in [0.2, 0.25) is 5.13 Å². The Hall–Kier alpha value is -0.700. The fourth-order valence-corrected chi connectivity index (χ4v) is 3.68. The van der Waals surface area contributed by atoms with Crippen molar-refractivity contribution in [3.63, 3.8) is 0 Å². The van der Waals surface area contributed by atoms with Crippen LogP contribution in [-0.2, 0) is 8.53 Å². The molecule has 1 aliphatic heterocycles. The molecule has 0 unspecified atom stereocenters. The van der Waals surface area contributed by atoms with Gasteiger partial charge in [0.25, 0.3) is 3.79 Å². The van der Waals surface area contributed by atoms with Crippen LogP contribution < -0.4 is 5.32 Å². The Kier molecular flexibility index (Phi) is 6.35. The fourth-order valence-electron chi connectivity index (χ4n) is 2.66. The largest absolute Gasteiger partial charge is 0.379 e. The molecule has 1 aliphatic rings. The maximum absolute atomic E-state index is 13.7. The van der Waals surface area contributed by atoms with Gasteiger partial charge in [-0.3, -0.25) is 4.90 Å². The van der Waals surface area contributed by atoms with Crippen LogP contribution in [0.1, 0.15) is 17.4 Å². The Labute approximate surface area is 164 Å². The van der Waals surface area contributed by atoms with Crippen LogP contribution in [0.3, 0.4) is 0 Å². The molecule has 0 saturated carbocycles. The van der Waals surface area contributed by atoms with Crippen molar-refractivity contribution >= 4 is 51.5 Å². The van der Waals surface area contributed by atoms with Gasteiger partial charge in [-0.1, -0.05) is 46.9 Å². The maximum Gasteiger partial charge on any atom is 0.251 e. The van der Waals surface area contributed by atoms with E-state index in [4.69, 9.17) is 39.5 Å². The second-order valence-electron chi connectivity index (χ2n) is 5.52. The number of alkyl halides is 3. The van der Waals surface area contributed by atoms with Gasteiger partial charge in [0.05, 0.1) is 19.3 Å². The predicted molar refractivity (Wildman–Crippen MR) is 99.2 cm³/mol. The standard InChI is InChI=1S/C15H16Cl3FN4OS/c16-15(17,18)13-21-14(25-22-13)20-9-12(23-4-6-24-7-5-23)10-2-1-3-11(19)8-10/h1-3,8,12H,4-7,9H2,(H,20,21,22)/t12-/m1/s1. The lowest BCUT2D eigenvalue weighted by molar-refractivity contribution is 0.0186. The van der Waals surface area contributed by atoms with E-state index in [1.54, 1.807) is 12.1 Å². The van der Waals surface area contributed by atoms with E-state index in [9.17, 15) is 4.39 Å². The minimum Gasteiger partial charge on any atom is -0.379 e. The lowest BCUT2D eigenvalue weighted by Crippen LogP contribution is -2.41. The molecule has 1 atom stereocenters. The molecule has 25 heavy (non-hydrogen) atoms. The van der Waals surface area contributed by atoms with Crippen molar-refractivity contribution in [3.05, 3.63) is 41.5 Å². The third-order valence-electron chi connectivity index (χ3n) is 3.85. The Bertz CT molecular complexity index is 706. The number of hydrogen-bond acceptors (Lipinski definition) is 6. The number of rotatable bonds is 5. The van der Waals surface area contributed by atoms with Gasteiger partial charge >= 0.3 is 0 Å². The minimum atomic E-state index is -1.65. The summed E-state index contributed by atoms with van der Waals surface area (Å²) in [7, 11) is 0. The summed E-state index contributed by atoms with van der Waals surface area (Å²) in [5, 5.41) is 3.77. The molecule has 5 nitrogen and oxygen atoms in total. The molecule has 0 radical (unpaired) electrons. The summed E-state index contributed by atoms with van der Waals surface area (Å²) < 4.78 is 21.5. The molecule has 1 saturated heterocycles. The molecule has 1 fully saturated rings. The highest BCUT2D eigenvalue weighted by Gasteiger charge is 2.29. The van der Waals surface area contributed by atoms with Crippen LogP contribution in [0.25, 0.3) is 0 Å². The molecule has 0 amide bonds. The summed E-state index contributed by atoms with van der Waals surface area (Å²) in [4.78, 5) is 6.45. The molecule has 10 heteroatoms. The number of benzene rings is 1. The van der Waals surface area contributed by atoms with Gasteiger partial charge in [-0.25, -0.2) is 4.39 Å². The van der Waals surface area contributed by atoms with E-state index in [1.165, 1.54) is 6.07 Å². The molecular weight excluding hydrogens is 410 g/mol. The van der Waals surface area contributed by atoms with Gasteiger partial charge in [0.15, 0.2) is 5.82 Å². The zero-order chi connectivity index (χ0) is 17.9. The number of nitrogens with zero attached hydrogens (tertiary/aromatic N) is 3. The van der Waals surface area contributed by atoms with Crippen molar-refractivity contribution in [3.8, 4) is 0 Å². The second kappa shape index (κ2) is 8.33. The van der Waals surface area contributed by atoms with Crippen LogP contribution in [0.4, 0.5) is 9.52 Å². The third kappa shape index (κ3) is 5.15. The van der Waals surface area contributed by atoms with Crippen LogP contribution in [0, 0.1) is 5.82 Å². The second-order valence-corrected chi connectivity index (χ2v) is 8.55. The lowest BCUT2D eigenvalue weighted by Gasteiger charge is -2.34. The number of anilines is 1. The summed E-state index contributed by atoms with van der Waals surface area (Å²) in [6.45, 7) is 3.39. The van der Waals surface area contributed by atoms with Crippen LogP contribution >= 0.6 is 46.3 Å². The molecule has 1 N–H and O–H groups in total. The van der Waals surface area contributed by atoms with Gasteiger partial charge in [0.1, 0.15) is 5.82 Å². The smallest absolute Gasteiger partial charge is 0.251 e. The monoisotopic (exact) mass is 424 g/mol. The number of morpholine rings is 1. The van der Waals surface area contributed by atoms with E-state index >= 15 is 0 Å². The first-order valence-electron chi connectivity index (χ1n) is 7.65. The van der Waals surface area contributed by atoms with Crippen molar-refractivity contribution in [2.45, 2.75) is 9.83 Å². The quantitative estimate of drug-likeness (QED) is 0.734. The maximum atomic E-state index is 13.7. The number of hydrogen-bond donors (Lipinski definition) is 1. The summed E-state index contributed by atoms with van der Waals surface area (Å²) in [5.41, 5.74) is 0.889. The number of aromatic nitrogens is 2. The van der Waals surface area contributed by atoms with E-state index in [0.717, 1.165) is 30.2 Å². The first-order chi connectivity index (χ1) is 11.9. The van der Waals surface area contributed by atoms with Gasteiger partial charge in [0, 0.05) is 31.2 Å². The van der Waals surface area contributed by atoms with Crippen LogP contribution in [0.15, 0.2) is 24.3 Å². The molecule has 3 rings (SSSR count). The first kappa shape index (κ1) is 19.1. The van der Waals surface area contributed by atoms with Crippen LogP contribution in [0.2, 0.25) is 0 Å². The topological polar surface area (TPSA) is 50.3 Å². The van der Waals surface area contributed by atoms with Crippen LogP contribution in [-0.4, -0.2) is 47.1 Å². The van der Waals surface area contributed by atoms with E-state index in [-0.39, 0.29) is 17.7 Å². The summed E-state index contributed by atoms with van der Waals surface area (Å²) in [6, 6.07) is 6.58. The highest BCUT2D eigenvalue weighted by molar-refractivity contribution is 7.09. The van der Waals surface area contributed by atoms with Crippen molar-refractivity contribution in [2.75, 3.05) is 38.2 Å². The Morgan fingerprint density at radius 2 is 2.08 bits per heavy atom. The van der Waals surface area contributed by atoms with E-state index < -0.39 is 3.79 Å². The average Bonchev–Trinajstić information content (AvgIpc) is 3.05. The molecule has 1 aromatic carbocycles. The number of nitrogens with one attached hydrogen (secondary N) is 1. The molecule has 2 heterocycles. The first-order valence-corrected chi connectivity index (χ1v) is 9.56. The molecular formula is C15H16Cl3FN4OS. The SMILES string of the molecule is Fc1cccc([C@@H](CNc2nc(C(Cl)(Cl)Cl)ns2)N2CCOCC2)c1. The third-order valence-corrected chi connectivity index (χ3v) is 5.03. The highest BCUT2D eigenvalue weighted by Crippen LogP contribution is 2.37. The van der Waals surface area contributed by atoms with Gasteiger partial charge in [-0.15, -0.1) is 0 Å². The van der Waals surface area contributed by atoms with Crippen molar-refractivity contribution < 1.29 is 9.13 Å². The zero-order valence-corrected chi connectivity index (χ0v) is 16.2. The Morgan fingerprint density at radius 1 is 1.32 bits per heavy atom. The Balaban J connectivity index is 1.74. The predicted octanol–water partition coefficient (Wildman–Crippen LogP) is 3.99. The number of halogens is 4. The van der Waals surface area contributed by atoms with E-state index in [0.29, 0.717) is 24.9 Å². The van der Waals surface area contributed by atoms with Gasteiger partial charge < -0.3 is 10.1 Å². The van der Waals surface area contributed by atoms with Gasteiger partial charge in [-0.05, 0) is 17.7 Å². The summed E-state index contributed by atoms with van der Waals surface area (Å²) in [5.74, 6) is -0.121. The molecule has 1 aromatic heterocycles. The summed E-state index contributed by atoms with van der Waals surface area (Å²) in [6.07, 6.45) is 0. The van der Waals surface area contributed by atoms with Crippen LogP contribution in [0.5, 0.6) is 0 Å². The summed E-state index contributed by atoms with van der Waals surface area (Å²) >= 11 is 18.5. The molecule has 0 aliphatic carbocycles. The lowest BCUT2D eigenvalue weighted by atomic mass is 10.0. The Morgan fingerprint density at radius 3 is 2.72 bits per heavy atom.